The van der Waals surface area contributed by atoms with Gasteiger partial charge in [0, 0.05) is 4.47 Å². The molecular formula is C10H6BrFN2O3. The summed E-state index contributed by atoms with van der Waals surface area (Å²) in [6.45, 7) is 0. The van der Waals surface area contributed by atoms with Crippen LogP contribution in [-0.4, -0.2) is 17.8 Å². The fourth-order valence-corrected chi connectivity index (χ4v) is 1.79. The lowest BCUT2D eigenvalue weighted by Gasteiger charge is -2.24. The first-order valence-electron chi connectivity index (χ1n) is 4.61. The third-order valence-electron chi connectivity index (χ3n) is 2.16. The van der Waals surface area contributed by atoms with Crippen LogP contribution in [0, 0.1) is 5.82 Å². The van der Waals surface area contributed by atoms with Crippen molar-refractivity contribution in [2.45, 2.75) is 6.42 Å². The van der Waals surface area contributed by atoms with E-state index >= 15 is 0 Å². The number of rotatable bonds is 1. The first-order chi connectivity index (χ1) is 7.99. The third-order valence-corrected chi connectivity index (χ3v) is 2.65. The summed E-state index contributed by atoms with van der Waals surface area (Å²) in [5.74, 6) is -2.16. The highest BCUT2D eigenvalue weighted by molar-refractivity contribution is 9.10. The summed E-state index contributed by atoms with van der Waals surface area (Å²) < 4.78 is 14.1. The van der Waals surface area contributed by atoms with Crippen molar-refractivity contribution in [1.29, 1.82) is 0 Å². The molecule has 1 heterocycles. The van der Waals surface area contributed by atoms with Gasteiger partial charge in [-0.1, -0.05) is 15.9 Å². The number of nitrogens with zero attached hydrogens (tertiary/aromatic N) is 1. The van der Waals surface area contributed by atoms with Crippen LogP contribution in [0.2, 0.25) is 0 Å². The fourth-order valence-electron chi connectivity index (χ4n) is 1.46. The van der Waals surface area contributed by atoms with Gasteiger partial charge in [-0.2, -0.15) is 0 Å². The number of halogens is 2. The lowest BCUT2D eigenvalue weighted by molar-refractivity contribution is -0.128. The van der Waals surface area contributed by atoms with Crippen molar-refractivity contribution < 1.29 is 18.8 Å². The summed E-state index contributed by atoms with van der Waals surface area (Å²) in [5, 5.41) is 1.95. The maximum Gasteiger partial charge on any atom is 0.335 e. The molecule has 2 rings (SSSR count). The van der Waals surface area contributed by atoms with E-state index in [1.165, 1.54) is 12.1 Å². The van der Waals surface area contributed by atoms with Crippen molar-refractivity contribution in [3.8, 4) is 0 Å². The Kier molecular flexibility index (Phi) is 2.93. The molecule has 1 aromatic carbocycles. The minimum absolute atomic E-state index is 0.178. The third kappa shape index (κ3) is 2.19. The van der Waals surface area contributed by atoms with Gasteiger partial charge in [0.25, 0.3) is 0 Å². The Bertz CT molecular complexity index is 512. The van der Waals surface area contributed by atoms with Gasteiger partial charge < -0.3 is 0 Å². The van der Waals surface area contributed by atoms with Crippen molar-refractivity contribution in [3.05, 3.63) is 28.5 Å². The lowest BCUT2D eigenvalue weighted by Crippen LogP contribution is -2.53. The van der Waals surface area contributed by atoms with Crippen LogP contribution in [0.1, 0.15) is 6.42 Å². The van der Waals surface area contributed by atoms with E-state index in [9.17, 15) is 18.8 Å². The molecule has 17 heavy (non-hydrogen) atoms. The minimum Gasteiger partial charge on any atom is -0.277 e. The Labute approximate surface area is 104 Å². The Morgan fingerprint density at radius 2 is 2.00 bits per heavy atom. The quantitative estimate of drug-likeness (QED) is 0.801. The minimum atomic E-state index is -0.938. The van der Waals surface area contributed by atoms with Crippen LogP contribution < -0.4 is 10.2 Å². The molecule has 1 aliphatic rings. The number of barbiturate groups is 1. The number of hydrogen-bond acceptors (Lipinski definition) is 3. The molecule has 0 bridgehead atoms. The predicted molar refractivity (Wildman–Crippen MR) is 59.7 cm³/mol. The molecule has 0 spiro atoms. The average molecular weight is 301 g/mol. The molecule has 1 aromatic rings. The van der Waals surface area contributed by atoms with Gasteiger partial charge in [-0.25, -0.2) is 14.1 Å². The fraction of sp³-hybridized carbons (Fsp3) is 0.100. The van der Waals surface area contributed by atoms with Gasteiger partial charge in [0.1, 0.15) is 12.2 Å². The number of hydrogen-bond donors (Lipinski definition) is 1. The molecule has 0 saturated carbocycles. The number of benzene rings is 1. The van der Waals surface area contributed by atoms with Crippen LogP contribution >= 0.6 is 15.9 Å². The van der Waals surface area contributed by atoms with Crippen LogP contribution in [0.3, 0.4) is 0 Å². The number of urea groups is 1. The van der Waals surface area contributed by atoms with Gasteiger partial charge in [-0.05, 0) is 18.2 Å². The zero-order valence-corrected chi connectivity index (χ0v) is 9.95. The molecule has 1 fully saturated rings. The van der Waals surface area contributed by atoms with Gasteiger partial charge >= 0.3 is 6.03 Å². The van der Waals surface area contributed by atoms with Gasteiger partial charge in [-0.3, -0.25) is 14.9 Å². The molecule has 1 aliphatic heterocycles. The highest BCUT2D eigenvalue weighted by Crippen LogP contribution is 2.24. The maximum absolute atomic E-state index is 13.6. The van der Waals surface area contributed by atoms with Crippen LogP contribution in [0.4, 0.5) is 14.9 Å². The number of anilines is 1. The van der Waals surface area contributed by atoms with Crippen LogP contribution in [0.15, 0.2) is 22.7 Å². The number of nitrogens with one attached hydrogen (secondary N) is 1. The molecular weight excluding hydrogens is 295 g/mol. The molecule has 88 valence electrons. The van der Waals surface area contributed by atoms with Crippen LogP contribution in [-0.2, 0) is 9.59 Å². The van der Waals surface area contributed by atoms with E-state index in [-0.39, 0.29) is 5.69 Å². The number of amides is 4. The van der Waals surface area contributed by atoms with Crippen LogP contribution in [0.5, 0.6) is 0 Å². The van der Waals surface area contributed by atoms with E-state index < -0.39 is 30.1 Å². The Balaban J connectivity index is 2.42. The van der Waals surface area contributed by atoms with Gasteiger partial charge in [-0.15, -0.1) is 0 Å². The van der Waals surface area contributed by atoms with Gasteiger partial charge in [0.05, 0.1) is 5.69 Å². The van der Waals surface area contributed by atoms with E-state index in [4.69, 9.17) is 0 Å². The Hall–Kier alpha value is -1.76. The van der Waals surface area contributed by atoms with Gasteiger partial charge in [0.2, 0.25) is 11.8 Å². The zero-order chi connectivity index (χ0) is 12.6. The van der Waals surface area contributed by atoms with E-state index in [1.54, 1.807) is 0 Å². The van der Waals surface area contributed by atoms with E-state index in [1.807, 2.05) is 5.32 Å². The zero-order valence-electron chi connectivity index (χ0n) is 8.37. The summed E-state index contributed by atoms with van der Waals surface area (Å²) in [7, 11) is 0. The first-order valence-corrected chi connectivity index (χ1v) is 5.40. The smallest absolute Gasteiger partial charge is 0.277 e. The first kappa shape index (κ1) is 11.7. The summed E-state index contributed by atoms with van der Waals surface area (Å²) in [4.78, 5) is 34.5. The standard InChI is InChI=1S/C10H6BrFN2O3/c11-5-1-2-7(6(12)3-5)14-9(16)4-8(15)13-10(14)17/h1-3H,4H2,(H,13,15,17). The molecule has 1 N–H and O–H groups in total. The number of imide groups is 2. The maximum atomic E-state index is 13.6. The normalized spacial score (nSPS) is 16.1. The molecule has 0 radical (unpaired) electrons. The molecule has 0 aromatic heterocycles. The number of carbonyl (C=O) groups is 3. The second-order valence-electron chi connectivity index (χ2n) is 3.35. The van der Waals surface area contributed by atoms with E-state index in [0.717, 1.165) is 6.07 Å². The van der Waals surface area contributed by atoms with Crippen molar-refractivity contribution >= 4 is 39.5 Å². The van der Waals surface area contributed by atoms with Crippen molar-refractivity contribution in [1.82, 2.24) is 5.32 Å². The van der Waals surface area contributed by atoms with Gasteiger partial charge in [0.15, 0.2) is 0 Å². The largest absolute Gasteiger partial charge is 0.335 e. The Morgan fingerprint density at radius 1 is 1.29 bits per heavy atom. The van der Waals surface area contributed by atoms with Crippen molar-refractivity contribution in [3.63, 3.8) is 0 Å². The summed E-state index contributed by atoms with van der Waals surface area (Å²) in [6, 6.07) is 2.97. The molecule has 7 heteroatoms. The Morgan fingerprint density at radius 3 is 2.59 bits per heavy atom. The van der Waals surface area contributed by atoms with E-state index in [0.29, 0.717) is 9.37 Å². The second kappa shape index (κ2) is 4.25. The molecule has 4 amide bonds. The monoisotopic (exact) mass is 300 g/mol. The molecule has 0 unspecified atom stereocenters. The predicted octanol–water partition coefficient (Wildman–Crippen LogP) is 1.56. The molecule has 0 aliphatic carbocycles. The summed E-state index contributed by atoms with van der Waals surface area (Å²) >= 11 is 3.06. The SMILES string of the molecule is O=C1CC(=O)N(c2ccc(Br)cc2F)C(=O)N1. The van der Waals surface area contributed by atoms with Crippen molar-refractivity contribution in [2.75, 3.05) is 4.90 Å². The number of carbonyl (C=O) groups excluding carboxylic acids is 3. The van der Waals surface area contributed by atoms with Crippen LogP contribution in [0.25, 0.3) is 0 Å². The molecule has 5 nitrogen and oxygen atoms in total. The highest BCUT2D eigenvalue weighted by atomic mass is 79.9. The second-order valence-corrected chi connectivity index (χ2v) is 4.27. The lowest BCUT2D eigenvalue weighted by atomic mass is 10.2. The topological polar surface area (TPSA) is 66.5 Å². The summed E-state index contributed by atoms with van der Waals surface area (Å²) in [5.41, 5.74) is -0.178. The molecule has 1 saturated heterocycles. The van der Waals surface area contributed by atoms with Crippen molar-refractivity contribution in [2.24, 2.45) is 0 Å². The summed E-state index contributed by atoms with van der Waals surface area (Å²) in [6.07, 6.45) is -0.471. The molecule has 0 atom stereocenters. The average Bonchev–Trinajstić information content (AvgIpc) is 2.19. The van der Waals surface area contributed by atoms with E-state index in [2.05, 4.69) is 15.9 Å². The highest BCUT2D eigenvalue weighted by Gasteiger charge is 2.33.